The van der Waals surface area contributed by atoms with Gasteiger partial charge in [0.1, 0.15) is 6.04 Å². The quantitative estimate of drug-likeness (QED) is 0.868. The fourth-order valence-corrected chi connectivity index (χ4v) is 1.45. The van der Waals surface area contributed by atoms with Crippen molar-refractivity contribution in [3.8, 4) is 0 Å². The summed E-state index contributed by atoms with van der Waals surface area (Å²) in [6.45, 7) is 2.19. The summed E-state index contributed by atoms with van der Waals surface area (Å²) in [5, 5.41) is 11.5. The second kappa shape index (κ2) is 5.12. The van der Waals surface area contributed by atoms with Crippen molar-refractivity contribution in [3.63, 3.8) is 0 Å². The Morgan fingerprint density at radius 2 is 2.36 bits per heavy atom. The van der Waals surface area contributed by atoms with Crippen LogP contribution in [0, 0.1) is 0 Å². The van der Waals surface area contributed by atoms with E-state index in [0.717, 1.165) is 10.0 Å². The molecule has 1 rings (SSSR count). The lowest BCUT2D eigenvalue weighted by Gasteiger charge is -2.08. The predicted octanol–water partition coefficient (Wildman–Crippen LogP) is 2.01. The van der Waals surface area contributed by atoms with Gasteiger partial charge in [0.05, 0.1) is 0 Å². The Morgan fingerprint density at radius 1 is 1.64 bits per heavy atom. The van der Waals surface area contributed by atoms with Gasteiger partial charge in [0, 0.05) is 11.0 Å². The Morgan fingerprint density at radius 3 is 2.93 bits per heavy atom. The van der Waals surface area contributed by atoms with E-state index in [2.05, 4.69) is 21.2 Å². The second-order valence-corrected chi connectivity index (χ2v) is 3.99. The molecule has 76 valence electrons. The molecule has 14 heavy (non-hydrogen) atoms. The zero-order chi connectivity index (χ0) is 10.6. The first kappa shape index (κ1) is 11.2. The van der Waals surface area contributed by atoms with Crippen LogP contribution in [0.4, 0.5) is 0 Å². The minimum absolute atomic E-state index is 0.519. The van der Waals surface area contributed by atoms with Crippen LogP contribution in [0.15, 0.2) is 28.7 Å². The van der Waals surface area contributed by atoms with Crippen molar-refractivity contribution in [3.05, 3.63) is 34.3 Å². The minimum Gasteiger partial charge on any atom is -0.480 e. The summed E-state index contributed by atoms with van der Waals surface area (Å²) in [5.74, 6) is -0.833. The standard InChI is InChI=1S/C10H12BrNO2/c1-7(10(13)14)12-6-8-3-2-4-9(11)5-8/h2-5,7,12H,6H2,1H3,(H,13,14)/t7-/m1/s1. The highest BCUT2D eigenvalue weighted by Crippen LogP contribution is 2.11. The van der Waals surface area contributed by atoms with E-state index in [0.29, 0.717) is 6.54 Å². The van der Waals surface area contributed by atoms with Gasteiger partial charge in [-0.15, -0.1) is 0 Å². The fraction of sp³-hybridized carbons (Fsp3) is 0.300. The number of benzene rings is 1. The number of halogens is 1. The van der Waals surface area contributed by atoms with Gasteiger partial charge < -0.3 is 10.4 Å². The summed E-state index contributed by atoms with van der Waals surface area (Å²) >= 11 is 3.35. The van der Waals surface area contributed by atoms with E-state index in [4.69, 9.17) is 5.11 Å². The smallest absolute Gasteiger partial charge is 0.320 e. The summed E-state index contributed by atoms with van der Waals surface area (Å²) in [7, 11) is 0. The topological polar surface area (TPSA) is 49.3 Å². The predicted molar refractivity (Wildman–Crippen MR) is 58.1 cm³/mol. The van der Waals surface area contributed by atoms with E-state index >= 15 is 0 Å². The summed E-state index contributed by atoms with van der Waals surface area (Å²) in [6.07, 6.45) is 0. The van der Waals surface area contributed by atoms with Gasteiger partial charge in [0.15, 0.2) is 0 Å². The van der Waals surface area contributed by atoms with Crippen molar-refractivity contribution in [1.82, 2.24) is 5.32 Å². The van der Waals surface area contributed by atoms with Gasteiger partial charge in [-0.05, 0) is 24.6 Å². The monoisotopic (exact) mass is 257 g/mol. The number of rotatable bonds is 4. The maximum absolute atomic E-state index is 10.5. The Balaban J connectivity index is 2.49. The molecule has 0 saturated carbocycles. The molecule has 0 aliphatic rings. The first-order valence-electron chi connectivity index (χ1n) is 4.30. The fourth-order valence-electron chi connectivity index (χ4n) is 1.01. The SMILES string of the molecule is C[C@@H](NCc1cccc(Br)c1)C(=O)O. The zero-order valence-corrected chi connectivity index (χ0v) is 9.41. The lowest BCUT2D eigenvalue weighted by molar-refractivity contribution is -0.139. The summed E-state index contributed by atoms with van der Waals surface area (Å²) in [6, 6.07) is 7.25. The third-order valence-electron chi connectivity index (χ3n) is 1.87. The molecule has 0 bridgehead atoms. The van der Waals surface area contributed by atoms with Gasteiger partial charge in [0.2, 0.25) is 0 Å². The zero-order valence-electron chi connectivity index (χ0n) is 7.83. The molecular weight excluding hydrogens is 246 g/mol. The maximum Gasteiger partial charge on any atom is 0.320 e. The molecule has 0 heterocycles. The van der Waals surface area contributed by atoms with Crippen LogP contribution in [-0.2, 0) is 11.3 Å². The Kier molecular flexibility index (Phi) is 4.10. The van der Waals surface area contributed by atoms with Crippen LogP contribution in [0.2, 0.25) is 0 Å². The Hall–Kier alpha value is -0.870. The molecular formula is C10H12BrNO2. The largest absolute Gasteiger partial charge is 0.480 e. The number of nitrogens with one attached hydrogen (secondary N) is 1. The first-order chi connectivity index (χ1) is 6.59. The highest BCUT2D eigenvalue weighted by molar-refractivity contribution is 9.10. The molecule has 0 aliphatic heterocycles. The third-order valence-corrected chi connectivity index (χ3v) is 2.37. The summed E-state index contributed by atoms with van der Waals surface area (Å²) < 4.78 is 1.000. The van der Waals surface area contributed by atoms with Gasteiger partial charge in [-0.1, -0.05) is 28.1 Å². The molecule has 0 aliphatic carbocycles. The molecule has 1 aromatic carbocycles. The lowest BCUT2D eigenvalue weighted by atomic mass is 10.2. The molecule has 3 nitrogen and oxygen atoms in total. The number of carbonyl (C=O) groups is 1. The molecule has 1 aromatic rings. The van der Waals surface area contributed by atoms with Crippen LogP contribution in [0.5, 0.6) is 0 Å². The van der Waals surface area contributed by atoms with Crippen molar-refractivity contribution in [2.75, 3.05) is 0 Å². The Bertz CT molecular complexity index is 328. The number of hydrogen-bond acceptors (Lipinski definition) is 2. The van der Waals surface area contributed by atoms with Gasteiger partial charge >= 0.3 is 5.97 Å². The van der Waals surface area contributed by atoms with Crippen LogP contribution in [-0.4, -0.2) is 17.1 Å². The molecule has 0 aromatic heterocycles. The van der Waals surface area contributed by atoms with E-state index in [9.17, 15) is 4.79 Å². The molecule has 0 spiro atoms. The minimum atomic E-state index is -0.833. The first-order valence-corrected chi connectivity index (χ1v) is 5.09. The van der Waals surface area contributed by atoms with Gasteiger partial charge in [-0.25, -0.2) is 0 Å². The highest BCUT2D eigenvalue weighted by Gasteiger charge is 2.08. The molecule has 4 heteroatoms. The van der Waals surface area contributed by atoms with Crippen LogP contribution < -0.4 is 5.32 Å². The van der Waals surface area contributed by atoms with Gasteiger partial charge in [0.25, 0.3) is 0 Å². The lowest BCUT2D eigenvalue weighted by Crippen LogP contribution is -2.33. The number of carboxylic acid groups (broad SMARTS) is 1. The van der Waals surface area contributed by atoms with E-state index in [1.54, 1.807) is 6.92 Å². The van der Waals surface area contributed by atoms with E-state index in [1.165, 1.54) is 0 Å². The Labute approximate surface area is 91.3 Å². The van der Waals surface area contributed by atoms with Crippen LogP contribution in [0.3, 0.4) is 0 Å². The number of aliphatic carboxylic acids is 1. The third kappa shape index (κ3) is 3.47. The molecule has 2 N–H and O–H groups in total. The molecule has 1 atom stereocenters. The average Bonchev–Trinajstić information content (AvgIpc) is 2.14. The number of carboxylic acids is 1. The molecule has 0 fully saturated rings. The molecule has 0 radical (unpaired) electrons. The van der Waals surface area contributed by atoms with Crippen LogP contribution in [0.1, 0.15) is 12.5 Å². The van der Waals surface area contributed by atoms with Crippen molar-refractivity contribution >= 4 is 21.9 Å². The maximum atomic E-state index is 10.5. The molecule has 0 amide bonds. The molecule has 0 saturated heterocycles. The van der Waals surface area contributed by atoms with Crippen molar-refractivity contribution in [2.45, 2.75) is 19.5 Å². The van der Waals surface area contributed by atoms with Crippen LogP contribution >= 0.6 is 15.9 Å². The van der Waals surface area contributed by atoms with Crippen molar-refractivity contribution in [1.29, 1.82) is 0 Å². The van der Waals surface area contributed by atoms with Crippen molar-refractivity contribution < 1.29 is 9.90 Å². The van der Waals surface area contributed by atoms with Crippen molar-refractivity contribution in [2.24, 2.45) is 0 Å². The molecule has 0 unspecified atom stereocenters. The van der Waals surface area contributed by atoms with Gasteiger partial charge in [-0.3, -0.25) is 4.79 Å². The van der Waals surface area contributed by atoms with Gasteiger partial charge in [-0.2, -0.15) is 0 Å². The summed E-state index contributed by atoms with van der Waals surface area (Å²) in [4.78, 5) is 10.5. The van der Waals surface area contributed by atoms with E-state index < -0.39 is 12.0 Å². The van der Waals surface area contributed by atoms with E-state index in [1.807, 2.05) is 24.3 Å². The summed E-state index contributed by atoms with van der Waals surface area (Å²) in [5.41, 5.74) is 1.06. The van der Waals surface area contributed by atoms with E-state index in [-0.39, 0.29) is 0 Å². The highest BCUT2D eigenvalue weighted by atomic mass is 79.9. The second-order valence-electron chi connectivity index (χ2n) is 3.07. The normalized spacial score (nSPS) is 12.4. The number of hydrogen-bond donors (Lipinski definition) is 2. The average molecular weight is 258 g/mol. The van der Waals surface area contributed by atoms with Crippen LogP contribution in [0.25, 0.3) is 0 Å².